The van der Waals surface area contributed by atoms with Crippen molar-refractivity contribution in [3.8, 4) is 0 Å². The number of hydrogen-bond acceptors (Lipinski definition) is 2. The van der Waals surface area contributed by atoms with Gasteiger partial charge in [-0.1, -0.05) is 6.08 Å². The molecular formula is C8H18O2Si. The minimum absolute atomic E-state index is 0.628. The smallest absolute Gasteiger partial charge is 0.211 e. The van der Waals surface area contributed by atoms with Crippen LogP contribution in [0.5, 0.6) is 0 Å². The highest BCUT2D eigenvalue weighted by molar-refractivity contribution is 6.71. The zero-order valence-corrected chi connectivity index (χ0v) is 8.72. The van der Waals surface area contributed by atoms with Crippen LogP contribution in [0.1, 0.15) is 6.92 Å². The summed E-state index contributed by atoms with van der Waals surface area (Å²) in [5.41, 5.74) is 0. The summed E-state index contributed by atoms with van der Waals surface area (Å²) < 4.78 is 10.9. The molecule has 0 aliphatic rings. The molecule has 3 heteroatoms. The lowest BCUT2D eigenvalue weighted by Gasteiger charge is -2.20. The molecule has 0 aromatic rings. The molecule has 0 spiro atoms. The van der Waals surface area contributed by atoms with Crippen molar-refractivity contribution in [1.29, 1.82) is 0 Å². The van der Waals surface area contributed by atoms with Crippen molar-refractivity contribution < 1.29 is 9.16 Å². The normalized spacial score (nSPS) is 11.5. The molecule has 0 aromatic carbocycles. The molecule has 0 saturated carbocycles. The van der Waals surface area contributed by atoms with Crippen LogP contribution in [0, 0.1) is 0 Å². The minimum atomic E-state index is -1.51. The zero-order chi connectivity index (χ0) is 8.74. The average molecular weight is 174 g/mol. The van der Waals surface area contributed by atoms with E-state index in [9.17, 15) is 0 Å². The second-order valence-electron chi connectivity index (χ2n) is 3.00. The predicted octanol–water partition coefficient (Wildman–Crippen LogP) is 1.97. The summed E-state index contributed by atoms with van der Waals surface area (Å²) in [6.45, 7) is 11.3. The van der Waals surface area contributed by atoms with Gasteiger partial charge in [0, 0.05) is 6.61 Å². The van der Waals surface area contributed by atoms with E-state index in [0.717, 1.165) is 12.8 Å². The van der Waals surface area contributed by atoms with Gasteiger partial charge in [-0.05, 0) is 20.0 Å². The summed E-state index contributed by atoms with van der Waals surface area (Å²) in [5, 5.41) is 0. The largest absolute Gasteiger partial charge is 0.415 e. The summed E-state index contributed by atoms with van der Waals surface area (Å²) >= 11 is 0. The summed E-state index contributed by atoms with van der Waals surface area (Å²) in [5.74, 6) is 0. The Morgan fingerprint density at radius 2 is 2.09 bits per heavy atom. The van der Waals surface area contributed by atoms with Gasteiger partial charge in [-0.2, -0.15) is 0 Å². The topological polar surface area (TPSA) is 18.5 Å². The van der Waals surface area contributed by atoms with Crippen molar-refractivity contribution >= 4 is 8.32 Å². The molecule has 0 unspecified atom stereocenters. The van der Waals surface area contributed by atoms with Gasteiger partial charge in [0.05, 0.1) is 12.8 Å². The van der Waals surface area contributed by atoms with E-state index < -0.39 is 8.32 Å². The average Bonchev–Trinajstić information content (AvgIpc) is 1.87. The molecule has 0 N–H and O–H groups in total. The monoisotopic (exact) mass is 174 g/mol. The fourth-order valence-electron chi connectivity index (χ4n) is 0.820. The first kappa shape index (κ1) is 10.9. The van der Waals surface area contributed by atoms with E-state index in [2.05, 4.69) is 19.7 Å². The van der Waals surface area contributed by atoms with E-state index in [1.165, 1.54) is 0 Å². The van der Waals surface area contributed by atoms with Crippen molar-refractivity contribution in [3.63, 3.8) is 0 Å². The van der Waals surface area contributed by atoms with Crippen LogP contribution in [0.15, 0.2) is 12.7 Å². The first-order valence-corrected chi connectivity index (χ1v) is 7.06. The molecule has 0 radical (unpaired) electrons. The second kappa shape index (κ2) is 5.52. The fourth-order valence-corrected chi connectivity index (χ4v) is 2.29. The second-order valence-corrected chi connectivity index (χ2v) is 7.09. The predicted molar refractivity (Wildman–Crippen MR) is 50.1 cm³/mol. The van der Waals surface area contributed by atoms with Gasteiger partial charge >= 0.3 is 0 Å². The minimum Gasteiger partial charge on any atom is -0.415 e. The summed E-state index contributed by atoms with van der Waals surface area (Å²) in [6, 6.07) is 0. The third-order valence-corrected chi connectivity index (χ3v) is 3.19. The molecule has 0 aliphatic heterocycles. The number of rotatable bonds is 6. The molecule has 66 valence electrons. The fraction of sp³-hybridized carbons (Fsp3) is 0.750. The van der Waals surface area contributed by atoms with Gasteiger partial charge in [-0.15, -0.1) is 6.58 Å². The van der Waals surface area contributed by atoms with Crippen LogP contribution >= 0.6 is 0 Å². The van der Waals surface area contributed by atoms with E-state index >= 15 is 0 Å². The van der Waals surface area contributed by atoms with Gasteiger partial charge in [-0.3, -0.25) is 0 Å². The maximum absolute atomic E-state index is 5.56. The lowest BCUT2D eigenvalue weighted by atomic mass is 10.7. The molecule has 0 rings (SSSR count). The Morgan fingerprint density at radius 3 is 2.55 bits per heavy atom. The first-order valence-electron chi connectivity index (χ1n) is 3.95. The molecular weight excluding hydrogens is 156 g/mol. The van der Waals surface area contributed by atoms with Gasteiger partial charge in [0.15, 0.2) is 0 Å². The molecule has 0 aromatic heterocycles. The number of ether oxygens (including phenoxy) is 1. The first-order chi connectivity index (χ1) is 5.12. The van der Waals surface area contributed by atoms with Crippen LogP contribution in [-0.2, 0) is 9.16 Å². The Balaban J connectivity index is 3.45. The molecule has 0 atom stereocenters. The highest BCUT2D eigenvalue weighted by Crippen LogP contribution is 2.03. The van der Waals surface area contributed by atoms with Gasteiger partial charge in [0.1, 0.15) is 0 Å². The molecule has 0 amide bonds. The Morgan fingerprint density at radius 1 is 1.45 bits per heavy atom. The van der Waals surface area contributed by atoms with Crippen LogP contribution < -0.4 is 0 Å². The van der Waals surface area contributed by atoms with E-state index in [1.54, 1.807) is 6.08 Å². The van der Waals surface area contributed by atoms with E-state index in [1.807, 2.05) is 6.92 Å². The molecule has 0 aliphatic carbocycles. The Kier molecular flexibility index (Phi) is 5.46. The van der Waals surface area contributed by atoms with Gasteiger partial charge < -0.3 is 9.16 Å². The summed E-state index contributed by atoms with van der Waals surface area (Å²) in [7, 11) is -1.51. The zero-order valence-electron chi connectivity index (χ0n) is 7.72. The Hall–Kier alpha value is -0.123. The van der Waals surface area contributed by atoms with E-state index in [-0.39, 0.29) is 0 Å². The summed E-state index contributed by atoms with van der Waals surface area (Å²) in [6.07, 6.45) is 2.52. The van der Waals surface area contributed by atoms with Gasteiger partial charge in [0.2, 0.25) is 8.32 Å². The number of hydrogen-bond donors (Lipinski definition) is 0. The lowest BCUT2D eigenvalue weighted by molar-refractivity contribution is 0.182. The van der Waals surface area contributed by atoms with Crippen molar-refractivity contribution in [3.05, 3.63) is 12.7 Å². The molecule has 0 bridgehead atoms. The summed E-state index contributed by atoms with van der Waals surface area (Å²) in [4.78, 5) is 0. The van der Waals surface area contributed by atoms with Crippen molar-refractivity contribution in [1.82, 2.24) is 0 Å². The Labute approximate surface area is 70.3 Å². The molecule has 0 saturated heterocycles. The maximum atomic E-state index is 5.56. The van der Waals surface area contributed by atoms with E-state index in [4.69, 9.17) is 9.16 Å². The van der Waals surface area contributed by atoms with Crippen LogP contribution in [0.3, 0.4) is 0 Å². The molecule has 0 heterocycles. The van der Waals surface area contributed by atoms with Crippen LogP contribution in [-0.4, -0.2) is 27.8 Å². The third-order valence-electron chi connectivity index (χ3n) is 1.22. The van der Waals surface area contributed by atoms with Crippen molar-refractivity contribution in [2.45, 2.75) is 20.0 Å². The molecule has 11 heavy (non-hydrogen) atoms. The lowest BCUT2D eigenvalue weighted by Crippen LogP contribution is -2.36. The van der Waals surface area contributed by atoms with Crippen molar-refractivity contribution in [2.24, 2.45) is 0 Å². The van der Waals surface area contributed by atoms with E-state index in [0.29, 0.717) is 6.61 Å². The van der Waals surface area contributed by atoms with Crippen LogP contribution in [0.25, 0.3) is 0 Å². The SMILES string of the molecule is C=CCOC[Si](C)(C)OCC. The van der Waals surface area contributed by atoms with Gasteiger partial charge in [-0.25, -0.2) is 0 Å². The highest BCUT2D eigenvalue weighted by Gasteiger charge is 2.21. The Bertz CT molecular complexity index is 113. The van der Waals surface area contributed by atoms with Crippen molar-refractivity contribution in [2.75, 3.05) is 19.4 Å². The highest BCUT2D eigenvalue weighted by atomic mass is 28.4. The third kappa shape index (κ3) is 6.28. The molecule has 0 fully saturated rings. The molecule has 2 nitrogen and oxygen atoms in total. The van der Waals surface area contributed by atoms with Gasteiger partial charge in [0.25, 0.3) is 0 Å². The standard InChI is InChI=1S/C8H18O2Si/c1-5-7-9-8-11(3,4)10-6-2/h5H,1,6-8H2,2-4H3. The van der Waals surface area contributed by atoms with Crippen LogP contribution in [0.2, 0.25) is 13.1 Å². The van der Waals surface area contributed by atoms with Crippen LogP contribution in [0.4, 0.5) is 0 Å². The quantitative estimate of drug-likeness (QED) is 0.348. The maximum Gasteiger partial charge on any atom is 0.211 e.